The van der Waals surface area contributed by atoms with E-state index in [-0.39, 0.29) is 5.56 Å². The monoisotopic (exact) mass is 220 g/mol. The van der Waals surface area contributed by atoms with Crippen LogP contribution >= 0.6 is 0 Å². The molecule has 0 bridgehead atoms. The van der Waals surface area contributed by atoms with Crippen molar-refractivity contribution in [3.8, 4) is 0 Å². The normalized spacial score (nSPS) is 12.1. The molecule has 0 unspecified atom stereocenters. The number of hydrogen-bond donors (Lipinski definition) is 0. The zero-order chi connectivity index (χ0) is 11.5. The van der Waals surface area contributed by atoms with Crippen LogP contribution < -0.4 is 0 Å². The summed E-state index contributed by atoms with van der Waals surface area (Å²) in [5, 5.41) is 0. The molecule has 1 aromatic rings. The fraction of sp³-hybridized carbons (Fsp3) is 0.200. The third-order valence-corrected chi connectivity index (χ3v) is 1.71. The fourth-order valence-corrected chi connectivity index (χ4v) is 0.980. The zero-order valence-electron chi connectivity index (χ0n) is 7.81. The van der Waals surface area contributed by atoms with Gasteiger partial charge in [0.1, 0.15) is 5.82 Å². The molecule has 0 aliphatic rings. The Hall–Kier alpha value is -1.52. The first kappa shape index (κ1) is 11.6. The smallest absolute Gasteiger partial charge is 0.416 e. The van der Waals surface area contributed by atoms with Crippen LogP contribution in [0.15, 0.2) is 24.5 Å². The minimum atomic E-state index is -4.52. The van der Waals surface area contributed by atoms with Crippen LogP contribution in [0, 0.1) is 5.82 Å². The van der Waals surface area contributed by atoms with Gasteiger partial charge in [-0.15, -0.1) is 0 Å². The summed E-state index contributed by atoms with van der Waals surface area (Å²) >= 11 is 0. The van der Waals surface area contributed by atoms with E-state index in [0.717, 1.165) is 12.1 Å². The Bertz CT molecular complexity index is 368. The molecule has 0 aliphatic carbocycles. The molecule has 0 atom stereocenters. The average molecular weight is 220 g/mol. The molecule has 0 amide bonds. The van der Waals surface area contributed by atoms with Crippen molar-refractivity contribution < 1.29 is 22.3 Å². The summed E-state index contributed by atoms with van der Waals surface area (Å²) in [6.07, 6.45) is -2.09. The van der Waals surface area contributed by atoms with Crippen LogP contribution in [0.25, 0.3) is 6.08 Å². The van der Waals surface area contributed by atoms with Gasteiger partial charge in [-0.1, -0.05) is 6.07 Å². The van der Waals surface area contributed by atoms with Crippen LogP contribution in [0.5, 0.6) is 0 Å². The first-order valence-corrected chi connectivity index (χ1v) is 4.01. The SMILES string of the molecule is CO/C=C/c1ccc(C(F)(F)F)cc1F. The van der Waals surface area contributed by atoms with Gasteiger partial charge in [0.25, 0.3) is 0 Å². The van der Waals surface area contributed by atoms with E-state index in [1.165, 1.54) is 19.4 Å². The lowest BCUT2D eigenvalue weighted by atomic mass is 10.1. The van der Waals surface area contributed by atoms with Gasteiger partial charge < -0.3 is 4.74 Å². The standard InChI is InChI=1S/C10H8F4O/c1-15-5-4-7-2-3-8(6-9(7)11)10(12,13)14/h2-6H,1H3/b5-4+. The molecule has 0 aliphatic heterocycles. The van der Waals surface area contributed by atoms with Crippen molar-refractivity contribution in [2.45, 2.75) is 6.18 Å². The number of methoxy groups -OCH3 is 1. The molecule has 0 heterocycles. The van der Waals surface area contributed by atoms with E-state index in [1.807, 2.05) is 0 Å². The Morgan fingerprint density at radius 2 is 1.93 bits per heavy atom. The summed E-state index contributed by atoms with van der Waals surface area (Å²) < 4.78 is 54.1. The lowest BCUT2D eigenvalue weighted by molar-refractivity contribution is -0.137. The zero-order valence-corrected chi connectivity index (χ0v) is 7.81. The predicted octanol–water partition coefficient (Wildman–Crippen LogP) is 3.46. The van der Waals surface area contributed by atoms with Crippen LogP contribution in [0.3, 0.4) is 0 Å². The van der Waals surface area contributed by atoms with E-state index in [0.29, 0.717) is 6.07 Å². The Kier molecular flexibility index (Phi) is 3.34. The van der Waals surface area contributed by atoms with E-state index < -0.39 is 17.6 Å². The maximum Gasteiger partial charge on any atom is 0.416 e. The number of halogens is 4. The van der Waals surface area contributed by atoms with Crippen molar-refractivity contribution in [1.29, 1.82) is 0 Å². The Labute approximate surface area is 84.0 Å². The number of hydrogen-bond acceptors (Lipinski definition) is 1. The second-order valence-corrected chi connectivity index (χ2v) is 2.77. The van der Waals surface area contributed by atoms with Gasteiger partial charge in [-0.2, -0.15) is 13.2 Å². The molecule has 0 fully saturated rings. The summed E-state index contributed by atoms with van der Waals surface area (Å²) in [5.74, 6) is -0.932. The molecular formula is C10H8F4O. The van der Waals surface area contributed by atoms with E-state index in [2.05, 4.69) is 4.74 Å². The van der Waals surface area contributed by atoms with Gasteiger partial charge in [-0.3, -0.25) is 0 Å². The second kappa shape index (κ2) is 4.33. The molecule has 0 saturated carbocycles. The van der Waals surface area contributed by atoms with Gasteiger partial charge in [0.05, 0.1) is 18.9 Å². The molecule has 15 heavy (non-hydrogen) atoms. The van der Waals surface area contributed by atoms with Crippen molar-refractivity contribution in [2.24, 2.45) is 0 Å². The van der Waals surface area contributed by atoms with Crippen molar-refractivity contribution in [3.05, 3.63) is 41.4 Å². The van der Waals surface area contributed by atoms with Crippen LogP contribution in [-0.4, -0.2) is 7.11 Å². The fourth-order valence-electron chi connectivity index (χ4n) is 0.980. The lowest BCUT2D eigenvalue weighted by Gasteiger charge is -2.07. The molecule has 1 aromatic carbocycles. The molecular weight excluding hydrogens is 212 g/mol. The average Bonchev–Trinajstić information content (AvgIpc) is 2.14. The van der Waals surface area contributed by atoms with Gasteiger partial charge in [0.15, 0.2) is 0 Å². The molecule has 82 valence electrons. The summed E-state index contributed by atoms with van der Waals surface area (Å²) in [4.78, 5) is 0. The predicted molar refractivity (Wildman–Crippen MR) is 47.4 cm³/mol. The van der Waals surface area contributed by atoms with Gasteiger partial charge in [0, 0.05) is 5.56 Å². The highest BCUT2D eigenvalue weighted by Crippen LogP contribution is 2.30. The molecule has 0 spiro atoms. The molecule has 0 N–H and O–H groups in total. The summed E-state index contributed by atoms with van der Waals surface area (Å²) in [6.45, 7) is 0. The third kappa shape index (κ3) is 2.97. The van der Waals surface area contributed by atoms with Crippen molar-refractivity contribution in [3.63, 3.8) is 0 Å². The van der Waals surface area contributed by atoms with Crippen molar-refractivity contribution in [2.75, 3.05) is 7.11 Å². The van der Waals surface area contributed by atoms with Crippen molar-refractivity contribution >= 4 is 6.08 Å². The third-order valence-electron chi connectivity index (χ3n) is 1.71. The highest BCUT2D eigenvalue weighted by atomic mass is 19.4. The van der Waals surface area contributed by atoms with E-state index in [4.69, 9.17) is 0 Å². The maximum atomic E-state index is 13.1. The van der Waals surface area contributed by atoms with Gasteiger partial charge in [-0.25, -0.2) is 4.39 Å². The number of alkyl halides is 3. The Morgan fingerprint density at radius 1 is 1.27 bits per heavy atom. The van der Waals surface area contributed by atoms with Gasteiger partial charge in [0.2, 0.25) is 0 Å². The highest BCUT2D eigenvalue weighted by molar-refractivity contribution is 5.49. The summed E-state index contributed by atoms with van der Waals surface area (Å²) in [5.41, 5.74) is -0.959. The number of ether oxygens (including phenoxy) is 1. The van der Waals surface area contributed by atoms with E-state index in [9.17, 15) is 17.6 Å². The van der Waals surface area contributed by atoms with E-state index in [1.54, 1.807) is 0 Å². The molecule has 0 aromatic heterocycles. The first-order valence-electron chi connectivity index (χ1n) is 4.01. The van der Waals surface area contributed by atoms with Crippen LogP contribution in [0.2, 0.25) is 0 Å². The minimum absolute atomic E-state index is 0.0462. The summed E-state index contributed by atoms with van der Waals surface area (Å²) in [7, 11) is 1.36. The molecule has 1 rings (SSSR count). The van der Waals surface area contributed by atoms with Crippen LogP contribution in [-0.2, 0) is 10.9 Å². The van der Waals surface area contributed by atoms with Gasteiger partial charge >= 0.3 is 6.18 Å². The molecule has 0 radical (unpaired) electrons. The largest absolute Gasteiger partial charge is 0.504 e. The minimum Gasteiger partial charge on any atom is -0.504 e. The van der Waals surface area contributed by atoms with E-state index >= 15 is 0 Å². The quantitative estimate of drug-likeness (QED) is 0.547. The van der Waals surface area contributed by atoms with Crippen LogP contribution in [0.4, 0.5) is 17.6 Å². The number of benzene rings is 1. The molecule has 5 heteroatoms. The molecule has 0 saturated heterocycles. The second-order valence-electron chi connectivity index (χ2n) is 2.77. The Morgan fingerprint density at radius 3 is 2.40 bits per heavy atom. The molecule has 1 nitrogen and oxygen atoms in total. The number of rotatable bonds is 2. The Balaban J connectivity index is 3.04. The van der Waals surface area contributed by atoms with Gasteiger partial charge in [-0.05, 0) is 18.2 Å². The highest BCUT2D eigenvalue weighted by Gasteiger charge is 2.30. The first-order chi connectivity index (χ1) is 6.95. The summed E-state index contributed by atoms with van der Waals surface area (Å²) in [6, 6.07) is 2.32. The lowest BCUT2D eigenvalue weighted by Crippen LogP contribution is -2.05. The maximum absolute atomic E-state index is 13.1. The van der Waals surface area contributed by atoms with Crippen LogP contribution in [0.1, 0.15) is 11.1 Å². The van der Waals surface area contributed by atoms with Crippen molar-refractivity contribution in [1.82, 2.24) is 0 Å². The topological polar surface area (TPSA) is 9.23 Å².